The van der Waals surface area contributed by atoms with Crippen molar-refractivity contribution in [3.63, 3.8) is 0 Å². The van der Waals surface area contributed by atoms with Gasteiger partial charge in [0, 0.05) is 56.3 Å². The van der Waals surface area contributed by atoms with E-state index in [1.807, 2.05) is 35.4 Å². The van der Waals surface area contributed by atoms with E-state index in [4.69, 9.17) is 4.98 Å². The fourth-order valence-electron chi connectivity index (χ4n) is 3.41. The summed E-state index contributed by atoms with van der Waals surface area (Å²) in [5, 5.41) is 1.20. The third-order valence-electron chi connectivity index (χ3n) is 5.10. The Morgan fingerprint density at radius 3 is 2.62 bits per heavy atom. The lowest BCUT2D eigenvalue weighted by atomic mass is 10.2. The molecule has 7 heteroatoms. The van der Waals surface area contributed by atoms with Crippen LogP contribution in [0.2, 0.25) is 0 Å². The van der Waals surface area contributed by atoms with Crippen molar-refractivity contribution in [2.45, 2.75) is 25.6 Å². The van der Waals surface area contributed by atoms with Crippen molar-refractivity contribution in [3.8, 4) is 0 Å². The predicted molar refractivity (Wildman–Crippen MR) is 108 cm³/mol. The fourth-order valence-corrected chi connectivity index (χ4v) is 5.63. The van der Waals surface area contributed by atoms with Crippen LogP contribution in [0, 0.1) is 5.82 Å². The number of hydrogen-bond acceptors (Lipinski definition) is 6. The van der Waals surface area contributed by atoms with Crippen molar-refractivity contribution in [3.05, 3.63) is 46.2 Å². The van der Waals surface area contributed by atoms with E-state index in [1.54, 1.807) is 0 Å². The molecular weight excluding hydrogens is 367 g/mol. The smallest absolute Gasteiger partial charge is 0.185 e. The number of nitrogens with zero attached hydrogens (tertiary/aromatic N) is 4. The van der Waals surface area contributed by atoms with Crippen molar-refractivity contribution < 1.29 is 4.39 Å². The third-order valence-corrected chi connectivity index (χ3v) is 7.38. The van der Waals surface area contributed by atoms with Crippen LogP contribution in [-0.2, 0) is 18.7 Å². The normalized spacial score (nSPS) is 18.9. The summed E-state index contributed by atoms with van der Waals surface area (Å²) >= 11 is 3.71. The second-order valence-corrected chi connectivity index (χ2v) is 8.93. The van der Waals surface area contributed by atoms with E-state index < -0.39 is 0 Å². The van der Waals surface area contributed by atoms with Gasteiger partial charge in [0.2, 0.25) is 0 Å². The molecule has 0 unspecified atom stereocenters. The summed E-state index contributed by atoms with van der Waals surface area (Å²) in [5.41, 5.74) is 2.46. The number of anilines is 1. The van der Waals surface area contributed by atoms with E-state index in [2.05, 4.69) is 21.0 Å². The first-order valence-corrected chi connectivity index (χ1v) is 11.1. The molecule has 2 aliphatic heterocycles. The van der Waals surface area contributed by atoms with Gasteiger partial charge in [-0.25, -0.2) is 13.7 Å². The van der Waals surface area contributed by atoms with Crippen LogP contribution in [0.5, 0.6) is 0 Å². The first-order chi connectivity index (χ1) is 12.7. The van der Waals surface area contributed by atoms with E-state index in [0.29, 0.717) is 0 Å². The summed E-state index contributed by atoms with van der Waals surface area (Å²) in [6.07, 6.45) is 1.02. The Morgan fingerprint density at radius 1 is 1.12 bits per heavy atom. The van der Waals surface area contributed by atoms with Crippen molar-refractivity contribution in [1.82, 2.24) is 14.2 Å². The lowest BCUT2D eigenvalue weighted by Gasteiger charge is -2.33. The first kappa shape index (κ1) is 18.2. The van der Waals surface area contributed by atoms with Gasteiger partial charge in [0.15, 0.2) is 5.13 Å². The number of halogens is 1. The number of benzene rings is 1. The molecule has 0 atom stereocenters. The number of aromatic nitrogens is 1. The molecule has 0 aliphatic carbocycles. The Bertz CT molecular complexity index is 726. The van der Waals surface area contributed by atoms with Gasteiger partial charge in [-0.2, -0.15) is 0 Å². The monoisotopic (exact) mass is 392 g/mol. The maximum absolute atomic E-state index is 13.0. The highest BCUT2D eigenvalue weighted by atomic mass is 32.2. The molecule has 1 fully saturated rings. The Kier molecular flexibility index (Phi) is 5.78. The largest absolute Gasteiger partial charge is 0.346 e. The van der Waals surface area contributed by atoms with Crippen molar-refractivity contribution in [2.24, 2.45) is 0 Å². The highest BCUT2D eigenvalue weighted by Crippen LogP contribution is 2.34. The zero-order chi connectivity index (χ0) is 17.9. The highest BCUT2D eigenvalue weighted by molar-refractivity contribution is 7.96. The number of thiazole rings is 1. The molecule has 0 saturated carbocycles. The molecule has 0 spiro atoms. The molecule has 3 heterocycles. The molecule has 1 aromatic heterocycles. The first-order valence-electron chi connectivity index (χ1n) is 9.29. The van der Waals surface area contributed by atoms with Gasteiger partial charge in [-0.05, 0) is 24.2 Å². The molecule has 1 saturated heterocycles. The van der Waals surface area contributed by atoms with Gasteiger partial charge in [0.05, 0.1) is 5.69 Å². The van der Waals surface area contributed by atoms with Crippen LogP contribution in [-0.4, -0.2) is 53.5 Å². The summed E-state index contributed by atoms with van der Waals surface area (Å²) in [4.78, 5) is 11.3. The van der Waals surface area contributed by atoms with Gasteiger partial charge < -0.3 is 9.80 Å². The Morgan fingerprint density at radius 2 is 1.88 bits per heavy atom. The number of piperazine rings is 1. The van der Waals surface area contributed by atoms with Crippen LogP contribution in [0.4, 0.5) is 9.52 Å². The Hall–Kier alpha value is -1.15. The van der Waals surface area contributed by atoms with Crippen LogP contribution in [0.3, 0.4) is 0 Å². The third kappa shape index (κ3) is 4.22. The summed E-state index contributed by atoms with van der Waals surface area (Å²) in [6, 6.07) is 6.83. The lowest BCUT2D eigenvalue weighted by molar-refractivity contribution is 0.271. The minimum atomic E-state index is -0.168. The summed E-state index contributed by atoms with van der Waals surface area (Å²) in [5.74, 6) is 0.721. The van der Waals surface area contributed by atoms with Gasteiger partial charge in [-0.1, -0.05) is 31.0 Å². The van der Waals surface area contributed by atoms with Crippen molar-refractivity contribution in [1.29, 1.82) is 0 Å². The maximum atomic E-state index is 13.0. The molecular formula is C19H25FN4S2. The van der Waals surface area contributed by atoms with E-state index in [9.17, 15) is 4.39 Å². The summed E-state index contributed by atoms with van der Waals surface area (Å²) in [6.45, 7) is 9.82. The van der Waals surface area contributed by atoms with Crippen LogP contribution in [0.15, 0.2) is 24.3 Å². The van der Waals surface area contributed by atoms with E-state index in [0.717, 1.165) is 58.0 Å². The molecule has 1 aromatic carbocycles. The molecule has 4 rings (SSSR count). The van der Waals surface area contributed by atoms with E-state index >= 15 is 0 Å². The molecule has 4 nitrogen and oxygen atoms in total. The van der Waals surface area contributed by atoms with Crippen molar-refractivity contribution in [2.75, 3.05) is 44.2 Å². The average Bonchev–Trinajstić information content (AvgIpc) is 3.11. The Balaban J connectivity index is 1.34. The molecule has 26 heavy (non-hydrogen) atoms. The maximum Gasteiger partial charge on any atom is 0.185 e. The topological polar surface area (TPSA) is 22.6 Å². The van der Waals surface area contributed by atoms with Crippen LogP contribution in [0.1, 0.15) is 23.1 Å². The highest BCUT2D eigenvalue weighted by Gasteiger charge is 2.24. The van der Waals surface area contributed by atoms with Gasteiger partial charge in [-0.3, -0.25) is 0 Å². The number of likely N-dealkylation sites (N-methyl/N-ethyl adjacent to an activating group) is 1. The zero-order valence-corrected chi connectivity index (χ0v) is 16.8. The molecule has 0 N–H and O–H groups in total. The summed E-state index contributed by atoms with van der Waals surface area (Å²) in [7, 11) is 0. The van der Waals surface area contributed by atoms with Gasteiger partial charge in [-0.15, -0.1) is 11.3 Å². The number of hydrogen-bond donors (Lipinski definition) is 0. The molecule has 2 aromatic rings. The second-order valence-electron chi connectivity index (χ2n) is 6.80. The van der Waals surface area contributed by atoms with E-state index in [1.165, 1.54) is 33.4 Å². The van der Waals surface area contributed by atoms with Crippen LogP contribution >= 0.6 is 23.3 Å². The second kappa shape index (κ2) is 8.25. The zero-order valence-electron chi connectivity index (χ0n) is 15.2. The minimum absolute atomic E-state index is 0.168. The predicted octanol–water partition coefficient (Wildman–Crippen LogP) is 3.63. The van der Waals surface area contributed by atoms with Gasteiger partial charge in [0.1, 0.15) is 5.82 Å². The Labute approximate surface area is 163 Å². The minimum Gasteiger partial charge on any atom is -0.346 e. The van der Waals surface area contributed by atoms with Gasteiger partial charge >= 0.3 is 0 Å². The molecule has 0 radical (unpaired) electrons. The van der Waals surface area contributed by atoms with Gasteiger partial charge in [0.25, 0.3) is 0 Å². The summed E-state index contributed by atoms with van der Waals surface area (Å²) < 4.78 is 15.4. The van der Waals surface area contributed by atoms with Crippen molar-refractivity contribution >= 4 is 28.4 Å². The molecule has 140 valence electrons. The molecule has 0 bridgehead atoms. The number of rotatable bonds is 5. The average molecular weight is 393 g/mol. The SMILES string of the molecule is CCN1CCN(c2nc3c(s2)CN(SCc2ccc(F)cc2)CC3)CC1. The fraction of sp³-hybridized carbons (Fsp3) is 0.526. The van der Waals surface area contributed by atoms with E-state index in [-0.39, 0.29) is 5.82 Å². The standard InChI is InChI=1S/C19H25FN4S2/c1-2-22-9-11-23(12-10-22)19-21-17-7-8-24(13-18(17)26-19)25-14-15-3-5-16(20)6-4-15/h3-6H,2,7-14H2,1H3. The lowest BCUT2D eigenvalue weighted by Crippen LogP contribution is -2.46. The quantitative estimate of drug-likeness (QED) is 0.723. The number of fused-ring (bicyclic) bond motifs is 1. The molecule has 0 amide bonds. The molecule has 2 aliphatic rings. The van der Waals surface area contributed by atoms with Crippen LogP contribution in [0.25, 0.3) is 0 Å². The van der Waals surface area contributed by atoms with Crippen LogP contribution < -0.4 is 4.90 Å².